The first-order valence-electron chi connectivity index (χ1n) is 6.08. The quantitative estimate of drug-likeness (QED) is 0.701. The Morgan fingerprint density at radius 1 is 1.35 bits per heavy atom. The lowest BCUT2D eigenvalue weighted by Gasteiger charge is -2.15. The summed E-state index contributed by atoms with van der Waals surface area (Å²) >= 11 is 0. The Kier molecular flexibility index (Phi) is 5.24. The van der Waals surface area contributed by atoms with Crippen molar-refractivity contribution in [3.8, 4) is 0 Å². The fourth-order valence-corrected chi connectivity index (χ4v) is 1.68. The van der Waals surface area contributed by atoms with Crippen LogP contribution < -0.4 is 5.32 Å². The molecule has 1 amide bonds. The maximum atomic E-state index is 11.7. The number of rotatable bonds is 6. The average molecular weight is 283 g/mol. The molecule has 8 heteroatoms. The molecule has 0 aliphatic rings. The smallest absolute Gasteiger partial charge is 0.416 e. The standard InChI is InChI=1S/C12H17N3O5/c1-7(3-10(16)17)11(18)14-8(2)4-9-5-15(6-13-9)12(19)20/h5-8H,3-4H2,1-2H3,(H,14,18)(H,16,17)(H,19,20)/t7?,8-/m1/s1. The van der Waals surface area contributed by atoms with Gasteiger partial charge in [0.2, 0.25) is 5.91 Å². The van der Waals surface area contributed by atoms with Gasteiger partial charge in [0.25, 0.3) is 0 Å². The second-order valence-corrected chi connectivity index (χ2v) is 4.67. The van der Waals surface area contributed by atoms with Crippen molar-refractivity contribution >= 4 is 18.0 Å². The van der Waals surface area contributed by atoms with Crippen molar-refractivity contribution in [3.05, 3.63) is 18.2 Å². The van der Waals surface area contributed by atoms with Crippen LogP contribution >= 0.6 is 0 Å². The molecule has 1 heterocycles. The number of amides is 1. The third-order valence-corrected chi connectivity index (χ3v) is 2.69. The van der Waals surface area contributed by atoms with Crippen LogP contribution in [0.15, 0.2) is 12.5 Å². The fourth-order valence-electron chi connectivity index (χ4n) is 1.68. The first-order valence-corrected chi connectivity index (χ1v) is 6.08. The van der Waals surface area contributed by atoms with Crippen LogP contribution in [-0.2, 0) is 16.0 Å². The second-order valence-electron chi connectivity index (χ2n) is 4.67. The minimum atomic E-state index is -1.13. The summed E-state index contributed by atoms with van der Waals surface area (Å²) < 4.78 is 0.928. The van der Waals surface area contributed by atoms with E-state index in [-0.39, 0.29) is 18.4 Å². The number of aromatic nitrogens is 2. The van der Waals surface area contributed by atoms with E-state index in [0.29, 0.717) is 12.1 Å². The number of carbonyl (C=O) groups excluding carboxylic acids is 1. The number of nitrogens with one attached hydrogen (secondary N) is 1. The van der Waals surface area contributed by atoms with E-state index < -0.39 is 18.0 Å². The van der Waals surface area contributed by atoms with E-state index in [4.69, 9.17) is 10.2 Å². The van der Waals surface area contributed by atoms with Gasteiger partial charge in [0.1, 0.15) is 6.33 Å². The van der Waals surface area contributed by atoms with Gasteiger partial charge in [-0.05, 0) is 6.92 Å². The Labute approximate surface area is 115 Å². The van der Waals surface area contributed by atoms with Crippen LogP contribution in [0.5, 0.6) is 0 Å². The largest absolute Gasteiger partial charge is 0.481 e. The highest BCUT2D eigenvalue weighted by Gasteiger charge is 2.18. The van der Waals surface area contributed by atoms with E-state index >= 15 is 0 Å². The predicted octanol–water partition coefficient (Wildman–Crippen LogP) is 0.567. The highest BCUT2D eigenvalue weighted by molar-refractivity contribution is 5.83. The first-order chi connectivity index (χ1) is 9.29. The Balaban J connectivity index is 2.50. The van der Waals surface area contributed by atoms with Crippen molar-refractivity contribution in [3.63, 3.8) is 0 Å². The second kappa shape index (κ2) is 6.69. The fraction of sp³-hybridized carbons (Fsp3) is 0.500. The number of carboxylic acids is 1. The molecule has 0 aliphatic carbocycles. The lowest BCUT2D eigenvalue weighted by molar-refractivity contribution is -0.140. The van der Waals surface area contributed by atoms with Gasteiger partial charge in [-0.3, -0.25) is 9.59 Å². The SMILES string of the molecule is CC(CC(=O)O)C(=O)N[C@H](C)Cc1cn(C(=O)O)cn1. The van der Waals surface area contributed by atoms with E-state index in [1.165, 1.54) is 19.4 Å². The third-order valence-electron chi connectivity index (χ3n) is 2.69. The van der Waals surface area contributed by atoms with Gasteiger partial charge in [-0.2, -0.15) is 0 Å². The molecule has 0 bridgehead atoms. The molecule has 0 aliphatic heterocycles. The van der Waals surface area contributed by atoms with Crippen LogP contribution in [0.4, 0.5) is 4.79 Å². The van der Waals surface area contributed by atoms with Crippen LogP contribution in [0.25, 0.3) is 0 Å². The Hall–Kier alpha value is -2.38. The lowest BCUT2D eigenvalue weighted by atomic mass is 10.1. The van der Waals surface area contributed by atoms with Gasteiger partial charge in [-0.15, -0.1) is 0 Å². The molecule has 1 aromatic heterocycles. The normalized spacial score (nSPS) is 13.5. The molecule has 0 saturated carbocycles. The molecule has 0 spiro atoms. The van der Waals surface area contributed by atoms with E-state index in [1.807, 2.05) is 0 Å². The van der Waals surface area contributed by atoms with Gasteiger partial charge in [-0.1, -0.05) is 6.92 Å². The Bertz CT molecular complexity index is 511. The van der Waals surface area contributed by atoms with Gasteiger partial charge in [-0.25, -0.2) is 14.3 Å². The molecule has 8 nitrogen and oxygen atoms in total. The third kappa shape index (κ3) is 4.71. The Morgan fingerprint density at radius 3 is 2.50 bits per heavy atom. The summed E-state index contributed by atoms with van der Waals surface area (Å²) in [5, 5.41) is 20.0. The summed E-state index contributed by atoms with van der Waals surface area (Å²) in [6.07, 6.45) is 1.55. The summed E-state index contributed by atoms with van der Waals surface area (Å²) in [6.45, 7) is 3.28. The van der Waals surface area contributed by atoms with Gasteiger partial charge in [0.15, 0.2) is 0 Å². The number of hydrogen-bond acceptors (Lipinski definition) is 4. The molecule has 2 atom stereocenters. The van der Waals surface area contributed by atoms with E-state index in [1.54, 1.807) is 6.92 Å². The molecule has 0 saturated heterocycles. The van der Waals surface area contributed by atoms with Crippen molar-refractivity contribution in [2.45, 2.75) is 32.7 Å². The van der Waals surface area contributed by atoms with Crippen LogP contribution in [-0.4, -0.2) is 43.8 Å². The molecule has 1 aromatic rings. The minimum absolute atomic E-state index is 0.230. The molecule has 0 aromatic carbocycles. The van der Waals surface area contributed by atoms with E-state index in [2.05, 4.69) is 10.3 Å². The zero-order valence-electron chi connectivity index (χ0n) is 11.2. The van der Waals surface area contributed by atoms with Crippen molar-refractivity contribution < 1.29 is 24.6 Å². The number of aliphatic carboxylic acids is 1. The maximum Gasteiger partial charge on any atom is 0.416 e. The average Bonchev–Trinajstić information content (AvgIpc) is 2.76. The zero-order chi connectivity index (χ0) is 15.3. The number of hydrogen-bond donors (Lipinski definition) is 3. The molecular weight excluding hydrogens is 266 g/mol. The van der Waals surface area contributed by atoms with Crippen molar-refractivity contribution in [2.24, 2.45) is 5.92 Å². The molecule has 0 radical (unpaired) electrons. The zero-order valence-corrected chi connectivity index (χ0v) is 11.2. The molecule has 3 N–H and O–H groups in total. The number of carboxylic acid groups (broad SMARTS) is 2. The van der Waals surface area contributed by atoms with Crippen molar-refractivity contribution in [2.75, 3.05) is 0 Å². The lowest BCUT2D eigenvalue weighted by Crippen LogP contribution is -2.38. The number of carbonyl (C=O) groups is 3. The van der Waals surface area contributed by atoms with Crippen molar-refractivity contribution in [1.29, 1.82) is 0 Å². The molecular formula is C12H17N3O5. The number of imidazole rings is 1. The van der Waals surface area contributed by atoms with Crippen LogP contribution in [0.2, 0.25) is 0 Å². The van der Waals surface area contributed by atoms with Crippen LogP contribution in [0.1, 0.15) is 26.0 Å². The van der Waals surface area contributed by atoms with Crippen molar-refractivity contribution in [1.82, 2.24) is 14.9 Å². The first kappa shape index (κ1) is 15.7. The maximum absolute atomic E-state index is 11.7. The minimum Gasteiger partial charge on any atom is -0.481 e. The van der Waals surface area contributed by atoms with E-state index in [9.17, 15) is 14.4 Å². The topological polar surface area (TPSA) is 122 Å². The van der Waals surface area contributed by atoms with Crippen LogP contribution in [0.3, 0.4) is 0 Å². The van der Waals surface area contributed by atoms with Gasteiger partial charge < -0.3 is 15.5 Å². The highest BCUT2D eigenvalue weighted by atomic mass is 16.4. The highest BCUT2D eigenvalue weighted by Crippen LogP contribution is 2.05. The molecule has 1 unspecified atom stereocenters. The molecule has 0 fully saturated rings. The summed E-state index contributed by atoms with van der Waals surface area (Å²) in [5.74, 6) is -2.00. The van der Waals surface area contributed by atoms with Gasteiger partial charge >= 0.3 is 12.1 Å². The summed E-state index contributed by atoms with van der Waals surface area (Å²) in [5.41, 5.74) is 0.533. The molecule has 1 rings (SSSR count). The van der Waals surface area contributed by atoms with Gasteiger partial charge in [0.05, 0.1) is 12.1 Å². The summed E-state index contributed by atoms with van der Waals surface area (Å²) in [7, 11) is 0. The molecule has 110 valence electrons. The monoisotopic (exact) mass is 283 g/mol. The van der Waals surface area contributed by atoms with Gasteiger partial charge in [0, 0.05) is 24.6 Å². The Morgan fingerprint density at radius 2 is 2.00 bits per heavy atom. The molecule has 20 heavy (non-hydrogen) atoms. The van der Waals surface area contributed by atoms with Crippen LogP contribution in [0, 0.1) is 5.92 Å². The van der Waals surface area contributed by atoms with E-state index in [0.717, 1.165) is 4.57 Å². The summed E-state index contributed by atoms with van der Waals surface area (Å²) in [6, 6.07) is -0.268. The summed E-state index contributed by atoms with van der Waals surface area (Å²) in [4.78, 5) is 36.8. The predicted molar refractivity (Wildman–Crippen MR) is 68.4 cm³/mol. The number of nitrogens with zero attached hydrogens (tertiary/aromatic N) is 2.